The molecule has 0 unspecified atom stereocenters. The van der Waals surface area contributed by atoms with E-state index >= 15 is 0 Å². The molecule has 0 saturated carbocycles. The van der Waals surface area contributed by atoms with Gasteiger partial charge in [0.15, 0.2) is 0 Å². The van der Waals surface area contributed by atoms with Crippen LogP contribution in [0.2, 0.25) is 0 Å². The second-order valence-corrected chi connectivity index (χ2v) is 6.95. The van der Waals surface area contributed by atoms with E-state index in [0.717, 1.165) is 6.07 Å². The lowest BCUT2D eigenvalue weighted by atomic mass is 10.1. The second kappa shape index (κ2) is 7.00. The van der Waals surface area contributed by atoms with Crippen LogP contribution < -0.4 is 4.72 Å². The Morgan fingerprint density at radius 2 is 1.83 bits per heavy atom. The summed E-state index contributed by atoms with van der Waals surface area (Å²) in [5.74, 6) is -1.01. The molecule has 0 aliphatic carbocycles. The third kappa shape index (κ3) is 3.91. The topological polar surface area (TPSA) is 72.5 Å². The van der Waals surface area contributed by atoms with E-state index in [2.05, 4.69) is 4.72 Å². The SMILES string of the molecule is CCOC(=O)c1ccc(C)c(NS(=O)(=O)c2ccc(F)c(C)c2)c1. The van der Waals surface area contributed by atoms with Crippen LogP contribution in [-0.2, 0) is 14.8 Å². The summed E-state index contributed by atoms with van der Waals surface area (Å²) >= 11 is 0. The highest BCUT2D eigenvalue weighted by Crippen LogP contribution is 2.23. The molecule has 0 saturated heterocycles. The molecule has 0 amide bonds. The van der Waals surface area contributed by atoms with Gasteiger partial charge in [0.05, 0.1) is 22.8 Å². The molecule has 2 aromatic rings. The number of hydrogen-bond donors (Lipinski definition) is 1. The number of carbonyl (C=O) groups is 1. The lowest BCUT2D eigenvalue weighted by Gasteiger charge is -2.12. The number of esters is 1. The van der Waals surface area contributed by atoms with Gasteiger partial charge in [-0.3, -0.25) is 4.72 Å². The van der Waals surface area contributed by atoms with Crippen molar-refractivity contribution >= 4 is 21.7 Å². The molecular weight excluding hydrogens is 333 g/mol. The lowest BCUT2D eigenvalue weighted by molar-refractivity contribution is 0.0526. The minimum Gasteiger partial charge on any atom is -0.462 e. The summed E-state index contributed by atoms with van der Waals surface area (Å²) in [6.45, 7) is 5.11. The van der Waals surface area contributed by atoms with Crippen LogP contribution in [0.1, 0.15) is 28.4 Å². The standard InChI is InChI=1S/C17H18FNO4S/c1-4-23-17(20)13-6-5-11(2)16(10-13)19-24(21,22)14-7-8-15(18)12(3)9-14/h5-10,19H,4H2,1-3H3. The van der Waals surface area contributed by atoms with E-state index in [1.807, 2.05) is 0 Å². The van der Waals surface area contributed by atoms with E-state index < -0.39 is 21.8 Å². The van der Waals surface area contributed by atoms with Gasteiger partial charge in [-0.05, 0) is 62.2 Å². The van der Waals surface area contributed by atoms with E-state index in [9.17, 15) is 17.6 Å². The summed E-state index contributed by atoms with van der Waals surface area (Å²) in [6, 6.07) is 8.15. The van der Waals surface area contributed by atoms with Gasteiger partial charge >= 0.3 is 5.97 Å². The zero-order valence-electron chi connectivity index (χ0n) is 13.6. The van der Waals surface area contributed by atoms with Crippen molar-refractivity contribution in [3.8, 4) is 0 Å². The molecule has 0 spiro atoms. The quantitative estimate of drug-likeness (QED) is 0.838. The largest absolute Gasteiger partial charge is 0.462 e. The van der Waals surface area contributed by atoms with Crippen molar-refractivity contribution in [2.75, 3.05) is 11.3 Å². The van der Waals surface area contributed by atoms with Crippen LogP contribution in [0.15, 0.2) is 41.3 Å². The first-order chi connectivity index (χ1) is 11.2. The predicted molar refractivity (Wildman–Crippen MR) is 89.1 cm³/mol. The number of anilines is 1. The van der Waals surface area contributed by atoms with Crippen LogP contribution in [0, 0.1) is 19.7 Å². The summed E-state index contributed by atoms with van der Waals surface area (Å²) in [7, 11) is -3.90. The molecule has 0 aromatic heterocycles. The van der Waals surface area contributed by atoms with Crippen LogP contribution in [0.25, 0.3) is 0 Å². The zero-order valence-corrected chi connectivity index (χ0v) is 14.4. The van der Waals surface area contributed by atoms with E-state index in [4.69, 9.17) is 4.74 Å². The van der Waals surface area contributed by atoms with E-state index in [-0.39, 0.29) is 28.3 Å². The van der Waals surface area contributed by atoms with Crippen LogP contribution in [0.5, 0.6) is 0 Å². The minimum absolute atomic E-state index is 0.0534. The Morgan fingerprint density at radius 1 is 1.12 bits per heavy atom. The maximum Gasteiger partial charge on any atom is 0.338 e. The average Bonchev–Trinajstić information content (AvgIpc) is 2.52. The molecule has 24 heavy (non-hydrogen) atoms. The lowest BCUT2D eigenvalue weighted by Crippen LogP contribution is -2.15. The molecule has 2 rings (SSSR count). The fraction of sp³-hybridized carbons (Fsp3) is 0.235. The number of sulfonamides is 1. The van der Waals surface area contributed by atoms with Gasteiger partial charge in [0.25, 0.3) is 10.0 Å². The van der Waals surface area contributed by atoms with E-state index in [1.165, 1.54) is 25.1 Å². The predicted octanol–water partition coefficient (Wildman–Crippen LogP) is 3.42. The average molecular weight is 351 g/mol. The molecule has 0 aliphatic heterocycles. The highest BCUT2D eigenvalue weighted by atomic mass is 32.2. The van der Waals surface area contributed by atoms with Gasteiger partial charge in [0.1, 0.15) is 5.82 Å². The second-order valence-electron chi connectivity index (χ2n) is 5.27. The summed E-state index contributed by atoms with van der Waals surface area (Å²) in [5.41, 5.74) is 1.39. The Kier molecular flexibility index (Phi) is 5.23. The van der Waals surface area contributed by atoms with Crippen LogP contribution in [-0.4, -0.2) is 21.0 Å². The van der Waals surface area contributed by atoms with Gasteiger partial charge in [-0.25, -0.2) is 17.6 Å². The smallest absolute Gasteiger partial charge is 0.338 e. The Bertz CT molecular complexity index is 878. The number of rotatable bonds is 5. The van der Waals surface area contributed by atoms with Gasteiger partial charge < -0.3 is 4.74 Å². The molecule has 0 atom stereocenters. The Labute approximate surface area is 140 Å². The molecule has 5 nitrogen and oxygen atoms in total. The zero-order chi connectivity index (χ0) is 17.9. The molecule has 0 radical (unpaired) electrons. The first kappa shape index (κ1) is 17.9. The minimum atomic E-state index is -3.90. The molecule has 2 aromatic carbocycles. The van der Waals surface area contributed by atoms with Gasteiger partial charge in [-0.15, -0.1) is 0 Å². The summed E-state index contributed by atoms with van der Waals surface area (Å²) in [4.78, 5) is 11.7. The normalized spacial score (nSPS) is 11.2. The number of ether oxygens (including phenoxy) is 1. The number of aryl methyl sites for hydroxylation is 2. The third-order valence-electron chi connectivity index (χ3n) is 3.43. The van der Waals surface area contributed by atoms with Gasteiger partial charge in [0.2, 0.25) is 0 Å². The van der Waals surface area contributed by atoms with Crippen LogP contribution in [0.3, 0.4) is 0 Å². The van der Waals surface area contributed by atoms with E-state index in [1.54, 1.807) is 26.0 Å². The fourth-order valence-corrected chi connectivity index (χ4v) is 3.27. The summed E-state index contributed by atoms with van der Waals surface area (Å²) in [5, 5.41) is 0. The maximum absolute atomic E-state index is 13.3. The Morgan fingerprint density at radius 3 is 2.46 bits per heavy atom. The molecule has 0 bridgehead atoms. The summed E-state index contributed by atoms with van der Waals surface area (Å²) < 4.78 is 45.6. The van der Waals surface area contributed by atoms with Gasteiger partial charge in [-0.1, -0.05) is 6.07 Å². The molecule has 0 fully saturated rings. The Balaban J connectivity index is 2.36. The van der Waals surface area contributed by atoms with Crippen molar-refractivity contribution in [2.45, 2.75) is 25.7 Å². The van der Waals surface area contributed by atoms with Crippen molar-refractivity contribution in [3.63, 3.8) is 0 Å². The number of halogens is 1. The molecule has 0 heterocycles. The van der Waals surface area contributed by atoms with E-state index in [0.29, 0.717) is 5.56 Å². The van der Waals surface area contributed by atoms with Crippen LogP contribution >= 0.6 is 0 Å². The van der Waals surface area contributed by atoms with Crippen molar-refractivity contribution in [1.29, 1.82) is 0 Å². The summed E-state index contributed by atoms with van der Waals surface area (Å²) in [6.07, 6.45) is 0. The van der Waals surface area contributed by atoms with Gasteiger partial charge in [-0.2, -0.15) is 0 Å². The third-order valence-corrected chi connectivity index (χ3v) is 4.80. The molecule has 1 N–H and O–H groups in total. The monoisotopic (exact) mass is 351 g/mol. The number of carbonyl (C=O) groups excluding carboxylic acids is 1. The first-order valence-electron chi connectivity index (χ1n) is 7.31. The highest BCUT2D eigenvalue weighted by Gasteiger charge is 2.18. The molecule has 128 valence electrons. The number of nitrogens with one attached hydrogen (secondary N) is 1. The highest BCUT2D eigenvalue weighted by molar-refractivity contribution is 7.92. The number of hydrogen-bond acceptors (Lipinski definition) is 4. The molecular formula is C17H18FNO4S. The first-order valence-corrected chi connectivity index (χ1v) is 8.79. The van der Waals surface area contributed by atoms with Crippen molar-refractivity contribution in [1.82, 2.24) is 0 Å². The molecule has 7 heteroatoms. The Hall–Kier alpha value is -2.41. The van der Waals surface area contributed by atoms with Crippen molar-refractivity contribution < 1.29 is 22.3 Å². The fourth-order valence-electron chi connectivity index (χ4n) is 2.06. The van der Waals surface area contributed by atoms with Crippen molar-refractivity contribution in [3.05, 3.63) is 58.9 Å². The maximum atomic E-state index is 13.3. The number of benzene rings is 2. The molecule has 0 aliphatic rings. The van der Waals surface area contributed by atoms with Crippen LogP contribution in [0.4, 0.5) is 10.1 Å². The van der Waals surface area contributed by atoms with Gasteiger partial charge in [0, 0.05) is 0 Å². The van der Waals surface area contributed by atoms with Crippen molar-refractivity contribution in [2.24, 2.45) is 0 Å².